The highest BCUT2D eigenvalue weighted by molar-refractivity contribution is 7.79. The summed E-state index contributed by atoms with van der Waals surface area (Å²) < 4.78 is 5.57. The van der Waals surface area contributed by atoms with E-state index in [9.17, 15) is 0 Å². The molecular weight excluding hydrogens is 240 g/mol. The van der Waals surface area contributed by atoms with Crippen LogP contribution in [0.4, 0.5) is 0 Å². The van der Waals surface area contributed by atoms with E-state index in [1.54, 1.807) is 4.86 Å². The second-order valence-corrected chi connectivity index (χ2v) is 5.72. The van der Waals surface area contributed by atoms with Gasteiger partial charge in [0.1, 0.15) is 5.75 Å². The third kappa shape index (κ3) is 2.25. The first kappa shape index (κ1) is 11.7. The van der Waals surface area contributed by atoms with Gasteiger partial charge in [0.15, 0.2) is 17.1 Å². The van der Waals surface area contributed by atoms with Crippen LogP contribution in [-0.2, 0) is 11.4 Å². The fourth-order valence-electron chi connectivity index (χ4n) is 2.38. The van der Waals surface area contributed by atoms with Gasteiger partial charge in [-0.3, -0.25) is 0 Å². The normalized spacial score (nSPS) is 14.8. The Balaban J connectivity index is 2.03. The van der Waals surface area contributed by atoms with Crippen molar-refractivity contribution in [2.45, 2.75) is 19.8 Å². The van der Waals surface area contributed by atoms with Crippen molar-refractivity contribution in [2.24, 2.45) is 0 Å². The predicted molar refractivity (Wildman–Crippen MR) is 80.7 cm³/mol. The van der Waals surface area contributed by atoms with Crippen LogP contribution in [0.3, 0.4) is 0 Å². The summed E-state index contributed by atoms with van der Waals surface area (Å²) in [5, 5.41) is 2.56. The SMILES string of the molecule is CCOc1ccc2ccc(C3=[S+]CCC3)cc2c1. The van der Waals surface area contributed by atoms with E-state index in [0.29, 0.717) is 0 Å². The zero-order chi connectivity index (χ0) is 12.4. The van der Waals surface area contributed by atoms with Crippen LogP contribution in [-0.4, -0.2) is 17.2 Å². The van der Waals surface area contributed by atoms with Gasteiger partial charge in [-0.05, 0) is 42.0 Å². The van der Waals surface area contributed by atoms with E-state index in [0.717, 1.165) is 12.4 Å². The molecule has 1 nitrogen and oxygen atoms in total. The van der Waals surface area contributed by atoms with Crippen LogP contribution in [0.1, 0.15) is 25.3 Å². The predicted octanol–water partition coefficient (Wildman–Crippen LogP) is 3.64. The first-order valence-electron chi connectivity index (χ1n) is 6.52. The largest absolute Gasteiger partial charge is 0.494 e. The Morgan fingerprint density at radius 1 is 1.11 bits per heavy atom. The molecule has 1 heterocycles. The lowest BCUT2D eigenvalue weighted by Crippen LogP contribution is -1.96. The van der Waals surface area contributed by atoms with Crippen LogP contribution in [0, 0.1) is 0 Å². The van der Waals surface area contributed by atoms with Crippen LogP contribution >= 0.6 is 0 Å². The third-order valence-corrected chi connectivity index (χ3v) is 4.55. The molecule has 1 aliphatic heterocycles. The maximum absolute atomic E-state index is 5.57. The lowest BCUT2D eigenvalue weighted by atomic mass is 10.0. The molecule has 3 rings (SSSR count). The molecule has 0 saturated heterocycles. The topological polar surface area (TPSA) is 9.23 Å². The first-order chi connectivity index (χ1) is 8.86. The first-order valence-corrected chi connectivity index (χ1v) is 7.51. The molecule has 0 aliphatic carbocycles. The monoisotopic (exact) mass is 257 g/mol. The molecule has 2 aromatic rings. The van der Waals surface area contributed by atoms with Gasteiger partial charge in [0, 0.05) is 18.4 Å². The standard InChI is InChI=1S/C16H17OS/c1-2-17-15-8-7-12-5-6-13(10-14(12)11-15)16-4-3-9-18-16/h5-8,10-11H,2-4,9H2,1H3/q+1. The average molecular weight is 257 g/mol. The number of hydrogen-bond acceptors (Lipinski definition) is 1. The minimum absolute atomic E-state index is 0.721. The van der Waals surface area contributed by atoms with E-state index in [4.69, 9.17) is 4.74 Å². The molecule has 0 radical (unpaired) electrons. The van der Waals surface area contributed by atoms with E-state index in [1.807, 2.05) is 24.3 Å². The second-order valence-electron chi connectivity index (χ2n) is 4.53. The Labute approximate surface area is 112 Å². The summed E-state index contributed by atoms with van der Waals surface area (Å²) in [5.41, 5.74) is 1.39. The Kier molecular flexibility index (Phi) is 3.28. The number of ether oxygens (including phenoxy) is 1. The van der Waals surface area contributed by atoms with Gasteiger partial charge in [0.05, 0.1) is 6.61 Å². The molecule has 0 saturated carbocycles. The van der Waals surface area contributed by atoms with Crippen molar-refractivity contribution in [2.75, 3.05) is 12.4 Å². The summed E-state index contributed by atoms with van der Waals surface area (Å²) in [4.78, 5) is 1.54. The summed E-state index contributed by atoms with van der Waals surface area (Å²) in [7, 11) is 0. The van der Waals surface area contributed by atoms with Gasteiger partial charge in [-0.25, -0.2) is 0 Å². The van der Waals surface area contributed by atoms with E-state index >= 15 is 0 Å². The average Bonchev–Trinajstić information content (AvgIpc) is 2.92. The maximum Gasteiger partial charge on any atom is 0.208 e. The number of benzene rings is 2. The third-order valence-electron chi connectivity index (χ3n) is 3.27. The van der Waals surface area contributed by atoms with Crippen molar-refractivity contribution in [1.82, 2.24) is 0 Å². The van der Waals surface area contributed by atoms with Crippen molar-refractivity contribution in [3.8, 4) is 5.75 Å². The highest BCUT2D eigenvalue weighted by atomic mass is 32.1. The van der Waals surface area contributed by atoms with Crippen LogP contribution in [0.15, 0.2) is 36.4 Å². The quantitative estimate of drug-likeness (QED) is 0.602. The molecule has 0 unspecified atom stereocenters. The van der Waals surface area contributed by atoms with Gasteiger partial charge in [-0.1, -0.05) is 12.1 Å². The number of fused-ring (bicyclic) bond motifs is 1. The highest BCUT2D eigenvalue weighted by Crippen LogP contribution is 2.23. The number of rotatable bonds is 3. The summed E-state index contributed by atoms with van der Waals surface area (Å²) >= 11 is 2.00. The van der Waals surface area contributed by atoms with Crippen LogP contribution in [0.2, 0.25) is 0 Å². The fraction of sp³-hybridized carbons (Fsp3) is 0.312. The van der Waals surface area contributed by atoms with Gasteiger partial charge in [-0.15, -0.1) is 0 Å². The van der Waals surface area contributed by atoms with Gasteiger partial charge in [0.25, 0.3) is 0 Å². The molecule has 2 aromatic carbocycles. The molecule has 0 N–H and O–H groups in total. The lowest BCUT2D eigenvalue weighted by Gasteiger charge is -2.05. The smallest absolute Gasteiger partial charge is 0.208 e. The Morgan fingerprint density at radius 2 is 2.00 bits per heavy atom. The summed E-state index contributed by atoms with van der Waals surface area (Å²) in [6.45, 7) is 2.74. The molecule has 0 aromatic heterocycles. The van der Waals surface area contributed by atoms with E-state index in [-0.39, 0.29) is 0 Å². The van der Waals surface area contributed by atoms with E-state index in [2.05, 4.69) is 30.3 Å². The van der Waals surface area contributed by atoms with Crippen molar-refractivity contribution in [3.05, 3.63) is 42.0 Å². The maximum atomic E-state index is 5.57. The molecule has 18 heavy (non-hydrogen) atoms. The summed E-state index contributed by atoms with van der Waals surface area (Å²) in [6.07, 6.45) is 2.55. The van der Waals surface area contributed by atoms with Crippen LogP contribution < -0.4 is 4.74 Å². The van der Waals surface area contributed by atoms with Crippen molar-refractivity contribution in [1.29, 1.82) is 0 Å². The second kappa shape index (κ2) is 5.07. The molecule has 2 heteroatoms. The number of hydrogen-bond donors (Lipinski definition) is 0. The molecule has 0 spiro atoms. The van der Waals surface area contributed by atoms with Gasteiger partial charge in [0.2, 0.25) is 4.86 Å². The molecule has 0 atom stereocenters. The van der Waals surface area contributed by atoms with Crippen LogP contribution in [0.5, 0.6) is 5.75 Å². The zero-order valence-corrected chi connectivity index (χ0v) is 11.4. The highest BCUT2D eigenvalue weighted by Gasteiger charge is 2.20. The van der Waals surface area contributed by atoms with Crippen molar-refractivity contribution in [3.63, 3.8) is 0 Å². The molecule has 0 amide bonds. The molecule has 0 bridgehead atoms. The van der Waals surface area contributed by atoms with Gasteiger partial charge >= 0.3 is 0 Å². The molecular formula is C16H17OS+. The van der Waals surface area contributed by atoms with Crippen LogP contribution in [0.25, 0.3) is 10.8 Å². The Hall–Kier alpha value is -1.41. The molecule has 1 aliphatic rings. The minimum Gasteiger partial charge on any atom is -0.494 e. The van der Waals surface area contributed by atoms with E-state index < -0.39 is 0 Å². The summed E-state index contributed by atoms with van der Waals surface area (Å²) in [6, 6.07) is 13.1. The summed E-state index contributed by atoms with van der Waals surface area (Å²) in [5.74, 6) is 2.23. The fourth-order valence-corrected chi connectivity index (χ4v) is 3.50. The Morgan fingerprint density at radius 3 is 2.78 bits per heavy atom. The minimum atomic E-state index is 0.721. The molecule has 92 valence electrons. The zero-order valence-electron chi connectivity index (χ0n) is 10.6. The van der Waals surface area contributed by atoms with Crippen molar-refractivity contribution >= 4 is 27.0 Å². The van der Waals surface area contributed by atoms with Crippen molar-refractivity contribution < 1.29 is 4.74 Å². The van der Waals surface area contributed by atoms with Gasteiger partial charge < -0.3 is 4.74 Å². The molecule has 0 fully saturated rings. The Bertz CT molecular complexity index is 601. The lowest BCUT2D eigenvalue weighted by molar-refractivity contribution is 0.341. The van der Waals surface area contributed by atoms with E-state index in [1.165, 1.54) is 34.9 Å². The van der Waals surface area contributed by atoms with Gasteiger partial charge in [-0.2, -0.15) is 0 Å².